The number of benzene rings is 1. The number of aromatic nitrogens is 2. The zero-order chi connectivity index (χ0) is 12.3. The van der Waals surface area contributed by atoms with Crippen molar-refractivity contribution < 1.29 is 4.74 Å². The van der Waals surface area contributed by atoms with Gasteiger partial charge in [0.05, 0.1) is 12.7 Å². The van der Waals surface area contributed by atoms with Gasteiger partial charge in [-0.2, -0.15) is 0 Å². The summed E-state index contributed by atoms with van der Waals surface area (Å²) >= 11 is 3.41. The Kier molecular flexibility index (Phi) is 3.55. The van der Waals surface area contributed by atoms with Crippen molar-refractivity contribution >= 4 is 21.7 Å². The number of hydrogen-bond donors (Lipinski definition) is 2. The number of halogens is 1. The molecule has 5 nitrogen and oxygen atoms in total. The lowest BCUT2D eigenvalue weighted by atomic mass is 10.2. The Labute approximate surface area is 107 Å². The van der Waals surface area contributed by atoms with Crippen molar-refractivity contribution in [1.82, 2.24) is 9.97 Å². The Balaban J connectivity index is 2.54. The number of nitrogens with one attached hydrogen (secondary N) is 1. The zero-order valence-electron chi connectivity index (χ0n) is 9.14. The topological polar surface area (TPSA) is 73.1 Å². The van der Waals surface area contributed by atoms with E-state index < -0.39 is 0 Å². The summed E-state index contributed by atoms with van der Waals surface area (Å²) in [6.07, 6.45) is 1.64. The van der Waals surface area contributed by atoms with Crippen molar-refractivity contribution in [3.8, 4) is 17.1 Å². The molecule has 88 valence electrons. The van der Waals surface area contributed by atoms with Gasteiger partial charge in [-0.25, -0.2) is 15.8 Å². The van der Waals surface area contributed by atoms with Crippen LogP contribution >= 0.6 is 15.9 Å². The van der Waals surface area contributed by atoms with Gasteiger partial charge in [-0.1, -0.05) is 15.9 Å². The first-order chi connectivity index (χ1) is 8.24. The minimum absolute atomic E-state index is 0.553. The minimum atomic E-state index is 0.553. The summed E-state index contributed by atoms with van der Waals surface area (Å²) < 4.78 is 6.21. The molecule has 0 amide bonds. The van der Waals surface area contributed by atoms with Crippen molar-refractivity contribution in [2.24, 2.45) is 5.84 Å². The van der Waals surface area contributed by atoms with Crippen LogP contribution in [0, 0.1) is 0 Å². The smallest absolute Gasteiger partial charge is 0.165 e. The third kappa shape index (κ3) is 2.54. The van der Waals surface area contributed by atoms with Crippen LogP contribution in [0.25, 0.3) is 11.4 Å². The Hall–Kier alpha value is -1.66. The molecule has 2 rings (SSSR count). The van der Waals surface area contributed by atoms with Gasteiger partial charge in [-0.05, 0) is 18.2 Å². The summed E-state index contributed by atoms with van der Waals surface area (Å²) in [6, 6.07) is 7.33. The van der Waals surface area contributed by atoms with E-state index in [1.165, 1.54) is 0 Å². The molecule has 2 aromatic rings. The molecule has 0 saturated heterocycles. The molecule has 1 aromatic carbocycles. The molecule has 0 aliphatic heterocycles. The Morgan fingerprint density at radius 2 is 2.18 bits per heavy atom. The van der Waals surface area contributed by atoms with Crippen molar-refractivity contribution in [2.75, 3.05) is 12.5 Å². The largest absolute Gasteiger partial charge is 0.496 e. The number of rotatable bonds is 3. The minimum Gasteiger partial charge on any atom is -0.496 e. The van der Waals surface area contributed by atoms with Crippen LogP contribution in [0.5, 0.6) is 5.75 Å². The molecule has 6 heteroatoms. The van der Waals surface area contributed by atoms with Gasteiger partial charge in [0.15, 0.2) is 5.82 Å². The van der Waals surface area contributed by atoms with E-state index in [0.29, 0.717) is 17.4 Å². The van der Waals surface area contributed by atoms with E-state index in [1.807, 2.05) is 18.2 Å². The highest BCUT2D eigenvalue weighted by Gasteiger charge is 2.09. The summed E-state index contributed by atoms with van der Waals surface area (Å²) in [4.78, 5) is 8.46. The summed E-state index contributed by atoms with van der Waals surface area (Å²) in [5, 5.41) is 0. The van der Waals surface area contributed by atoms with E-state index in [2.05, 4.69) is 31.3 Å². The van der Waals surface area contributed by atoms with Gasteiger partial charge in [0.25, 0.3) is 0 Å². The van der Waals surface area contributed by atoms with Crippen LogP contribution in [-0.2, 0) is 0 Å². The van der Waals surface area contributed by atoms with Gasteiger partial charge in [0.1, 0.15) is 11.6 Å². The maximum Gasteiger partial charge on any atom is 0.165 e. The molecular formula is C11H11BrN4O. The first-order valence-corrected chi connectivity index (χ1v) is 5.67. The van der Waals surface area contributed by atoms with Crippen LogP contribution in [0.3, 0.4) is 0 Å². The molecule has 1 heterocycles. The van der Waals surface area contributed by atoms with Crippen LogP contribution in [0.4, 0.5) is 5.82 Å². The predicted molar refractivity (Wildman–Crippen MR) is 69.5 cm³/mol. The monoisotopic (exact) mass is 294 g/mol. The van der Waals surface area contributed by atoms with E-state index in [4.69, 9.17) is 10.6 Å². The maximum absolute atomic E-state index is 5.32. The fourth-order valence-electron chi connectivity index (χ4n) is 1.42. The van der Waals surface area contributed by atoms with E-state index in [-0.39, 0.29) is 0 Å². The fraction of sp³-hybridized carbons (Fsp3) is 0.0909. The fourth-order valence-corrected chi connectivity index (χ4v) is 1.78. The average Bonchev–Trinajstić information content (AvgIpc) is 2.39. The zero-order valence-corrected chi connectivity index (χ0v) is 10.7. The highest BCUT2D eigenvalue weighted by molar-refractivity contribution is 9.10. The lowest BCUT2D eigenvalue weighted by molar-refractivity contribution is 0.416. The number of hydrogen-bond acceptors (Lipinski definition) is 5. The highest BCUT2D eigenvalue weighted by atomic mass is 79.9. The number of hydrazine groups is 1. The highest BCUT2D eigenvalue weighted by Crippen LogP contribution is 2.30. The van der Waals surface area contributed by atoms with E-state index in [9.17, 15) is 0 Å². The molecule has 0 fully saturated rings. The average molecular weight is 295 g/mol. The Morgan fingerprint density at radius 3 is 2.88 bits per heavy atom. The molecule has 0 aliphatic carbocycles. The second kappa shape index (κ2) is 5.11. The van der Waals surface area contributed by atoms with Gasteiger partial charge in [-0.3, -0.25) is 0 Å². The van der Waals surface area contributed by atoms with Gasteiger partial charge >= 0.3 is 0 Å². The third-order valence-electron chi connectivity index (χ3n) is 2.21. The number of nitrogen functional groups attached to an aromatic ring is 1. The van der Waals surface area contributed by atoms with Gasteiger partial charge in [0, 0.05) is 16.7 Å². The van der Waals surface area contributed by atoms with Crippen molar-refractivity contribution in [3.05, 3.63) is 34.9 Å². The lowest BCUT2D eigenvalue weighted by Gasteiger charge is -2.08. The lowest BCUT2D eigenvalue weighted by Crippen LogP contribution is -2.09. The quantitative estimate of drug-likeness (QED) is 0.671. The first kappa shape index (κ1) is 11.8. The van der Waals surface area contributed by atoms with Crippen molar-refractivity contribution in [3.63, 3.8) is 0 Å². The van der Waals surface area contributed by atoms with E-state index in [0.717, 1.165) is 10.0 Å². The Morgan fingerprint density at radius 1 is 1.35 bits per heavy atom. The standard InChI is InChI=1S/C11H11BrN4O/c1-17-9-3-2-7(12)6-8(9)11-14-5-4-10(15-11)16-13/h2-6H,13H2,1H3,(H,14,15,16). The van der Waals surface area contributed by atoms with Crippen LogP contribution < -0.4 is 16.0 Å². The van der Waals surface area contributed by atoms with Gasteiger partial charge in [0.2, 0.25) is 0 Å². The first-order valence-electron chi connectivity index (χ1n) is 4.88. The summed E-state index contributed by atoms with van der Waals surface area (Å²) in [5.74, 6) is 7.13. The number of nitrogens with two attached hydrogens (primary N) is 1. The number of ether oxygens (including phenoxy) is 1. The summed E-state index contributed by atoms with van der Waals surface area (Å²) in [5.41, 5.74) is 3.29. The predicted octanol–water partition coefficient (Wildman–Crippen LogP) is 2.20. The molecule has 0 spiro atoms. The van der Waals surface area contributed by atoms with E-state index >= 15 is 0 Å². The number of methoxy groups -OCH3 is 1. The molecule has 0 unspecified atom stereocenters. The van der Waals surface area contributed by atoms with Gasteiger partial charge in [-0.15, -0.1) is 0 Å². The van der Waals surface area contributed by atoms with Crippen molar-refractivity contribution in [1.29, 1.82) is 0 Å². The van der Waals surface area contributed by atoms with E-state index in [1.54, 1.807) is 19.4 Å². The summed E-state index contributed by atoms with van der Waals surface area (Å²) in [6.45, 7) is 0. The molecule has 3 N–H and O–H groups in total. The molecule has 17 heavy (non-hydrogen) atoms. The molecular weight excluding hydrogens is 284 g/mol. The molecule has 0 radical (unpaired) electrons. The molecule has 0 saturated carbocycles. The number of anilines is 1. The van der Waals surface area contributed by atoms with Crippen LogP contribution in [0.2, 0.25) is 0 Å². The van der Waals surface area contributed by atoms with Gasteiger partial charge < -0.3 is 10.2 Å². The molecule has 0 aliphatic rings. The maximum atomic E-state index is 5.32. The van der Waals surface area contributed by atoms with Crippen LogP contribution in [-0.4, -0.2) is 17.1 Å². The van der Waals surface area contributed by atoms with Crippen LogP contribution in [0.15, 0.2) is 34.9 Å². The summed E-state index contributed by atoms with van der Waals surface area (Å²) in [7, 11) is 1.61. The molecule has 1 aromatic heterocycles. The van der Waals surface area contributed by atoms with Crippen molar-refractivity contribution in [2.45, 2.75) is 0 Å². The molecule has 0 bridgehead atoms. The Bertz CT molecular complexity index is 533. The molecule has 0 atom stereocenters. The second-order valence-corrected chi connectivity index (χ2v) is 4.17. The normalized spacial score (nSPS) is 10.1. The van der Waals surface area contributed by atoms with Crippen LogP contribution in [0.1, 0.15) is 0 Å². The SMILES string of the molecule is COc1ccc(Br)cc1-c1nccc(NN)n1. The third-order valence-corrected chi connectivity index (χ3v) is 2.70. The number of nitrogens with zero attached hydrogens (tertiary/aromatic N) is 2. The second-order valence-electron chi connectivity index (χ2n) is 3.25.